The van der Waals surface area contributed by atoms with E-state index in [1.807, 2.05) is 0 Å². The van der Waals surface area contributed by atoms with E-state index in [1.54, 1.807) is 35.3 Å². The van der Waals surface area contributed by atoms with Crippen LogP contribution >= 0.6 is 0 Å². The van der Waals surface area contributed by atoms with Crippen molar-refractivity contribution >= 4 is 10.9 Å². The van der Waals surface area contributed by atoms with Gasteiger partial charge in [-0.25, -0.2) is 4.39 Å². The molecule has 0 unspecified atom stereocenters. The molecule has 0 fully saturated rings. The van der Waals surface area contributed by atoms with Crippen LogP contribution in [0.3, 0.4) is 0 Å². The van der Waals surface area contributed by atoms with Crippen LogP contribution in [0.4, 0.5) is 4.39 Å². The van der Waals surface area contributed by atoms with Crippen molar-refractivity contribution < 1.29 is 14.2 Å². The minimum absolute atomic E-state index is 0.000618. The number of halogens is 1. The Hall–Kier alpha value is -3.55. The third kappa shape index (κ3) is 3.23. The van der Waals surface area contributed by atoms with Crippen molar-refractivity contribution in [1.29, 1.82) is 0 Å². The molecule has 1 aromatic carbocycles. The average Bonchev–Trinajstić information content (AvgIpc) is 3.04. The van der Waals surface area contributed by atoms with Gasteiger partial charge in [0.25, 0.3) is 0 Å². The van der Waals surface area contributed by atoms with Crippen LogP contribution in [-0.4, -0.2) is 29.8 Å². The van der Waals surface area contributed by atoms with Gasteiger partial charge in [-0.2, -0.15) is 15.1 Å². The summed E-state index contributed by atoms with van der Waals surface area (Å²) in [4.78, 5) is 12.1. The number of hydrogen-bond acceptors (Lipinski definition) is 6. The van der Waals surface area contributed by atoms with E-state index >= 15 is 0 Å². The molecule has 124 valence electrons. The molecule has 3 heterocycles. The van der Waals surface area contributed by atoms with E-state index in [4.69, 9.17) is 4.74 Å². The van der Waals surface area contributed by atoms with E-state index in [9.17, 15) is 9.50 Å². The van der Waals surface area contributed by atoms with Crippen molar-refractivity contribution in [3.05, 3.63) is 66.5 Å². The predicted molar refractivity (Wildman–Crippen MR) is 86.8 cm³/mol. The number of pyridine rings is 1. The predicted octanol–water partition coefficient (Wildman–Crippen LogP) is 2.91. The molecule has 0 saturated heterocycles. The number of aromatic nitrogens is 5. The van der Waals surface area contributed by atoms with Crippen LogP contribution in [0.15, 0.2) is 55.1 Å². The van der Waals surface area contributed by atoms with E-state index < -0.39 is 0 Å². The highest BCUT2D eigenvalue weighted by Gasteiger charge is 2.10. The number of rotatable bonds is 4. The summed E-state index contributed by atoms with van der Waals surface area (Å²) in [5.74, 6) is -0.0400. The summed E-state index contributed by atoms with van der Waals surface area (Å²) in [5.41, 5.74) is 1.38. The fraction of sp³-hybridized carbons (Fsp3) is 0.0588. The Kier molecular flexibility index (Phi) is 3.70. The Morgan fingerprint density at radius 2 is 1.92 bits per heavy atom. The molecule has 4 aromatic rings. The maximum absolute atomic E-state index is 12.9. The second kappa shape index (κ2) is 6.16. The SMILES string of the molecule is Oc1nc(Oc2cnn(Cc3ccc(F)cc3)c2)nc2cnccc12. The van der Waals surface area contributed by atoms with Gasteiger partial charge in [0.15, 0.2) is 5.75 Å². The molecule has 8 heteroatoms. The third-order valence-electron chi connectivity index (χ3n) is 3.54. The molecular formula is C17H12FN5O2. The number of nitrogens with zero attached hydrogens (tertiary/aromatic N) is 5. The Morgan fingerprint density at radius 3 is 2.76 bits per heavy atom. The van der Waals surface area contributed by atoms with Crippen molar-refractivity contribution in [3.63, 3.8) is 0 Å². The number of benzene rings is 1. The number of aromatic hydroxyl groups is 1. The van der Waals surface area contributed by atoms with E-state index in [1.165, 1.54) is 24.5 Å². The first-order chi connectivity index (χ1) is 12.2. The normalized spacial score (nSPS) is 10.9. The van der Waals surface area contributed by atoms with Gasteiger partial charge in [0.05, 0.1) is 36.0 Å². The summed E-state index contributed by atoms with van der Waals surface area (Å²) in [6, 6.07) is 7.80. The van der Waals surface area contributed by atoms with Crippen LogP contribution in [0.2, 0.25) is 0 Å². The van der Waals surface area contributed by atoms with Gasteiger partial charge < -0.3 is 9.84 Å². The lowest BCUT2D eigenvalue weighted by Gasteiger charge is -2.04. The average molecular weight is 337 g/mol. The van der Waals surface area contributed by atoms with Gasteiger partial charge >= 0.3 is 6.01 Å². The molecule has 25 heavy (non-hydrogen) atoms. The van der Waals surface area contributed by atoms with Gasteiger partial charge in [-0.1, -0.05) is 12.1 Å². The summed E-state index contributed by atoms with van der Waals surface area (Å²) in [6.45, 7) is 0.470. The third-order valence-corrected chi connectivity index (χ3v) is 3.54. The van der Waals surface area contributed by atoms with Crippen LogP contribution < -0.4 is 4.74 Å². The molecule has 0 saturated carbocycles. The fourth-order valence-corrected chi connectivity index (χ4v) is 2.35. The van der Waals surface area contributed by atoms with Crippen LogP contribution in [-0.2, 0) is 6.54 Å². The van der Waals surface area contributed by atoms with Crippen molar-refractivity contribution in [3.8, 4) is 17.6 Å². The molecule has 7 nitrogen and oxygen atoms in total. The highest BCUT2D eigenvalue weighted by atomic mass is 19.1. The first-order valence-electron chi connectivity index (χ1n) is 7.43. The molecule has 3 aromatic heterocycles. The van der Waals surface area contributed by atoms with Gasteiger partial charge in [-0.3, -0.25) is 9.67 Å². The molecule has 0 radical (unpaired) electrons. The van der Waals surface area contributed by atoms with Crippen molar-refractivity contribution in [2.45, 2.75) is 6.54 Å². The van der Waals surface area contributed by atoms with Crippen molar-refractivity contribution in [2.75, 3.05) is 0 Å². The largest absolute Gasteiger partial charge is 0.493 e. The second-order valence-electron chi connectivity index (χ2n) is 5.32. The van der Waals surface area contributed by atoms with E-state index in [2.05, 4.69) is 20.1 Å². The molecule has 0 spiro atoms. The molecule has 1 N–H and O–H groups in total. The summed E-state index contributed by atoms with van der Waals surface area (Å²) >= 11 is 0. The van der Waals surface area contributed by atoms with Gasteiger partial charge in [-0.05, 0) is 23.8 Å². The monoisotopic (exact) mass is 337 g/mol. The lowest BCUT2D eigenvalue weighted by atomic mass is 10.2. The summed E-state index contributed by atoms with van der Waals surface area (Å²) < 4.78 is 20.1. The molecule has 0 amide bonds. The zero-order chi connectivity index (χ0) is 17.2. The second-order valence-corrected chi connectivity index (χ2v) is 5.32. The van der Waals surface area contributed by atoms with Gasteiger partial charge in [0, 0.05) is 6.20 Å². The van der Waals surface area contributed by atoms with Crippen LogP contribution in [0, 0.1) is 5.82 Å². The maximum Gasteiger partial charge on any atom is 0.326 e. The number of fused-ring (bicyclic) bond motifs is 1. The molecular weight excluding hydrogens is 325 g/mol. The molecule has 0 bridgehead atoms. The quantitative estimate of drug-likeness (QED) is 0.616. The number of ether oxygens (including phenoxy) is 1. The van der Waals surface area contributed by atoms with Crippen LogP contribution in [0.1, 0.15) is 5.56 Å². The first-order valence-corrected chi connectivity index (χ1v) is 7.43. The summed E-state index contributed by atoms with van der Waals surface area (Å²) in [7, 11) is 0. The van der Waals surface area contributed by atoms with Crippen molar-refractivity contribution in [2.24, 2.45) is 0 Å². The Bertz CT molecular complexity index is 1030. The van der Waals surface area contributed by atoms with E-state index in [0.29, 0.717) is 23.2 Å². The topological polar surface area (TPSA) is 86.0 Å². The number of hydrogen-bond donors (Lipinski definition) is 1. The molecule has 0 atom stereocenters. The first kappa shape index (κ1) is 15.0. The molecule has 0 aliphatic carbocycles. The zero-order valence-corrected chi connectivity index (χ0v) is 12.9. The molecule has 4 rings (SSSR count). The van der Waals surface area contributed by atoms with Gasteiger partial charge in [0.1, 0.15) is 5.82 Å². The van der Waals surface area contributed by atoms with E-state index in [0.717, 1.165) is 5.56 Å². The highest BCUT2D eigenvalue weighted by molar-refractivity contribution is 5.82. The molecule has 0 aliphatic heterocycles. The fourth-order valence-electron chi connectivity index (χ4n) is 2.35. The lowest BCUT2D eigenvalue weighted by Crippen LogP contribution is -1.99. The minimum atomic E-state index is -0.281. The smallest absolute Gasteiger partial charge is 0.326 e. The Balaban J connectivity index is 1.54. The van der Waals surface area contributed by atoms with Crippen molar-refractivity contribution in [1.82, 2.24) is 24.7 Å². The van der Waals surface area contributed by atoms with E-state index in [-0.39, 0.29) is 17.7 Å². The minimum Gasteiger partial charge on any atom is -0.493 e. The summed E-state index contributed by atoms with van der Waals surface area (Å²) in [5, 5.41) is 14.6. The Morgan fingerprint density at radius 1 is 1.08 bits per heavy atom. The van der Waals surface area contributed by atoms with Gasteiger partial charge in [-0.15, -0.1) is 0 Å². The van der Waals surface area contributed by atoms with Crippen LogP contribution in [0.25, 0.3) is 10.9 Å². The maximum atomic E-state index is 12.9. The van der Waals surface area contributed by atoms with Crippen LogP contribution in [0.5, 0.6) is 17.6 Å². The summed E-state index contributed by atoms with van der Waals surface area (Å²) in [6.07, 6.45) is 6.24. The van der Waals surface area contributed by atoms with Gasteiger partial charge in [0.2, 0.25) is 5.88 Å². The Labute approximate surface area is 141 Å². The molecule has 0 aliphatic rings. The zero-order valence-electron chi connectivity index (χ0n) is 12.9. The standard InChI is InChI=1S/C17H12FN5O2/c18-12-3-1-11(2-4-12)9-23-10-13(7-20-23)25-17-21-15-8-19-6-5-14(15)16(24)22-17/h1-8,10H,9H2,(H,21,22,24). The highest BCUT2D eigenvalue weighted by Crippen LogP contribution is 2.25. The lowest BCUT2D eigenvalue weighted by molar-refractivity contribution is 0.411.